The minimum atomic E-state index is -1.95. The molecule has 156 valence electrons. The van der Waals surface area contributed by atoms with Gasteiger partial charge < -0.3 is 27.6 Å². The average Bonchev–Trinajstić information content (AvgIpc) is 2.98. The van der Waals surface area contributed by atoms with Crippen molar-refractivity contribution in [1.29, 1.82) is 0 Å². The lowest BCUT2D eigenvalue weighted by Crippen LogP contribution is -2.45. The number of carbonyl (C=O) groups is 1. The highest BCUT2D eigenvalue weighted by Crippen LogP contribution is 2.63. The van der Waals surface area contributed by atoms with E-state index in [-0.39, 0.29) is 5.92 Å². The maximum absolute atomic E-state index is 11.5. The highest BCUT2D eigenvalue weighted by molar-refractivity contribution is 7.75. The van der Waals surface area contributed by atoms with Crippen LogP contribution in [0.4, 0.5) is 0 Å². The molecule has 2 N–H and O–H groups in total. The zero-order chi connectivity index (χ0) is 20.1. The third-order valence-electron chi connectivity index (χ3n) is 5.21. The van der Waals surface area contributed by atoms with Gasteiger partial charge in [-0.3, -0.25) is 0 Å². The monoisotopic (exact) mass is 408 g/mol. The highest BCUT2D eigenvalue weighted by atomic mass is 32.1. The van der Waals surface area contributed by atoms with Gasteiger partial charge in [0.1, 0.15) is 0 Å². The number of hydrogen-bond donors (Lipinski definition) is 2. The van der Waals surface area contributed by atoms with Crippen LogP contribution in [0.1, 0.15) is 72.6 Å². The molecular weight excluding hydrogens is 367 g/mol. The van der Waals surface area contributed by atoms with E-state index in [0.29, 0.717) is 13.0 Å². The van der Waals surface area contributed by atoms with E-state index in [1.165, 1.54) is 57.0 Å². The van der Waals surface area contributed by atoms with Gasteiger partial charge in [-0.25, -0.2) is 4.79 Å². The number of hydrogen-bond acceptors (Lipinski definition) is 4. The number of aliphatic carboxylic acids is 1. The topological polar surface area (TPSA) is 66.8 Å². The first-order chi connectivity index (χ1) is 12.4. The summed E-state index contributed by atoms with van der Waals surface area (Å²) in [5.74, 6) is -2.56. The standard InChI is InChI=1S/C18H35O4P.C2H6S/c1-4-7-12-23(13-8-5-2,14-9-6-3)15-16-10-11-22-18(16,21)17(19)20;1-2-3/h16,21H,4-15H2,1-3H3;3H,2H2,1H3. The average molecular weight is 409 g/mol. The van der Waals surface area contributed by atoms with Crippen LogP contribution in [-0.2, 0) is 22.2 Å². The Bertz CT molecular complexity index is 359. The molecule has 1 fully saturated rings. The molecule has 0 aromatic carbocycles. The van der Waals surface area contributed by atoms with Crippen LogP contribution in [0.2, 0.25) is 0 Å². The van der Waals surface area contributed by atoms with E-state index in [1.807, 2.05) is 6.92 Å². The van der Waals surface area contributed by atoms with Crippen LogP contribution in [0.5, 0.6) is 0 Å². The van der Waals surface area contributed by atoms with Gasteiger partial charge >= 0.3 is 5.97 Å². The summed E-state index contributed by atoms with van der Waals surface area (Å²) in [4.78, 5) is 11.5. The van der Waals surface area contributed by atoms with Crippen molar-refractivity contribution in [2.75, 3.05) is 37.0 Å². The first-order valence-electron chi connectivity index (χ1n) is 10.4. The second kappa shape index (κ2) is 14.2. The number of aliphatic hydroxyl groups is 1. The lowest BCUT2D eigenvalue weighted by Gasteiger charge is -2.33. The largest absolute Gasteiger partial charge is 0.793 e. The Morgan fingerprint density at radius 2 is 1.50 bits per heavy atom. The lowest BCUT2D eigenvalue weighted by molar-refractivity contribution is -0.216. The van der Waals surface area contributed by atoms with E-state index in [0.717, 1.165) is 11.9 Å². The molecule has 0 amide bonds. The maximum atomic E-state index is 11.5. The van der Waals surface area contributed by atoms with Gasteiger partial charge in [0.05, 0.1) is 37.2 Å². The molecule has 2 unspecified atom stereocenters. The molecule has 1 saturated heterocycles. The summed E-state index contributed by atoms with van der Waals surface area (Å²) in [6.07, 6.45) is 12.5. The third-order valence-corrected chi connectivity index (χ3v) is 10.2. The smallest absolute Gasteiger partial charge is 0.364 e. The van der Waals surface area contributed by atoms with Gasteiger partial charge in [-0.15, -0.1) is 0 Å². The summed E-state index contributed by atoms with van der Waals surface area (Å²) in [6.45, 7) is 8.97. The molecule has 1 rings (SSSR count). The molecule has 6 heteroatoms. The fraction of sp³-hybridized carbons (Fsp3) is 0.950. The summed E-state index contributed by atoms with van der Waals surface area (Å²) in [7, 11) is -1.22. The molecule has 0 saturated carbocycles. The van der Waals surface area contributed by atoms with E-state index in [2.05, 4.69) is 33.4 Å². The van der Waals surface area contributed by atoms with Crippen molar-refractivity contribution in [3.8, 4) is 0 Å². The molecular formula is C20H41O4PS. The molecule has 0 aliphatic carbocycles. The fourth-order valence-corrected chi connectivity index (χ4v) is 9.22. The first kappa shape index (κ1) is 26.2. The Morgan fingerprint density at radius 1 is 1.08 bits per heavy atom. The third kappa shape index (κ3) is 8.46. The van der Waals surface area contributed by atoms with E-state index in [1.54, 1.807) is 0 Å². The molecule has 1 aliphatic rings. The van der Waals surface area contributed by atoms with Crippen molar-refractivity contribution < 1.29 is 19.7 Å². The van der Waals surface area contributed by atoms with E-state index < -0.39 is 19.0 Å². The van der Waals surface area contributed by atoms with Gasteiger partial charge in [-0.05, 0) is 25.7 Å². The molecule has 26 heavy (non-hydrogen) atoms. The van der Waals surface area contributed by atoms with Crippen molar-refractivity contribution in [3.05, 3.63) is 0 Å². The van der Waals surface area contributed by atoms with E-state index >= 15 is 0 Å². The SMILES string of the molecule is CCCC[P+](CCCC)(CCCC)CC1CCOC1(O)C(=O)O.CC[S-]. The zero-order valence-electron chi connectivity index (χ0n) is 17.3. The number of carboxylic acid groups (broad SMARTS) is 1. The minimum absolute atomic E-state index is 0.237. The number of unbranched alkanes of at least 4 members (excludes halogenated alkanes) is 3. The molecule has 4 nitrogen and oxygen atoms in total. The molecule has 0 radical (unpaired) electrons. The van der Waals surface area contributed by atoms with Crippen molar-refractivity contribution in [2.45, 2.75) is 78.4 Å². The predicted molar refractivity (Wildman–Crippen MR) is 116 cm³/mol. The molecule has 0 aromatic rings. The number of carboxylic acids is 1. The van der Waals surface area contributed by atoms with Gasteiger partial charge in [0.25, 0.3) is 5.79 Å². The highest BCUT2D eigenvalue weighted by Gasteiger charge is 2.54. The fourth-order valence-electron chi connectivity index (χ4n) is 3.68. The molecule has 2 atom stereocenters. The van der Waals surface area contributed by atoms with Crippen LogP contribution < -0.4 is 0 Å². The second-order valence-electron chi connectivity index (χ2n) is 7.38. The quantitative estimate of drug-likeness (QED) is 0.360. The summed E-state index contributed by atoms with van der Waals surface area (Å²) >= 11 is 4.39. The summed E-state index contributed by atoms with van der Waals surface area (Å²) in [5.41, 5.74) is 0. The predicted octanol–water partition coefficient (Wildman–Crippen LogP) is 4.77. The van der Waals surface area contributed by atoms with Gasteiger partial charge in [0.2, 0.25) is 0 Å². The van der Waals surface area contributed by atoms with Crippen LogP contribution in [-0.4, -0.2) is 59.0 Å². The summed E-state index contributed by atoms with van der Waals surface area (Å²) < 4.78 is 5.25. The Morgan fingerprint density at radius 3 is 1.85 bits per heavy atom. The van der Waals surface area contributed by atoms with Crippen LogP contribution in [0.3, 0.4) is 0 Å². The first-order valence-corrected chi connectivity index (χ1v) is 13.5. The lowest BCUT2D eigenvalue weighted by atomic mass is 10.0. The van der Waals surface area contributed by atoms with Gasteiger partial charge in [0.15, 0.2) is 0 Å². The van der Waals surface area contributed by atoms with Crippen LogP contribution in [0.15, 0.2) is 0 Å². The Balaban J connectivity index is 0.00000194. The van der Waals surface area contributed by atoms with Crippen LogP contribution in [0.25, 0.3) is 0 Å². The van der Waals surface area contributed by atoms with Crippen molar-refractivity contribution in [2.24, 2.45) is 5.92 Å². The summed E-state index contributed by atoms with van der Waals surface area (Å²) in [5, 5.41) is 19.9. The van der Waals surface area contributed by atoms with Crippen molar-refractivity contribution in [1.82, 2.24) is 0 Å². The zero-order valence-corrected chi connectivity index (χ0v) is 19.0. The van der Waals surface area contributed by atoms with Crippen LogP contribution in [0, 0.1) is 5.92 Å². The molecule has 0 bridgehead atoms. The maximum Gasteiger partial charge on any atom is 0.364 e. The Labute approximate surface area is 167 Å². The van der Waals surface area contributed by atoms with Gasteiger partial charge in [-0.2, -0.15) is 5.75 Å². The molecule has 0 aromatic heterocycles. The number of ether oxygens (including phenoxy) is 1. The van der Waals surface area contributed by atoms with E-state index in [4.69, 9.17) is 4.74 Å². The van der Waals surface area contributed by atoms with Crippen molar-refractivity contribution >= 4 is 25.9 Å². The second-order valence-corrected chi connectivity index (χ2v) is 12.3. The Kier molecular flexibility index (Phi) is 14.3. The molecule has 0 spiro atoms. The summed E-state index contributed by atoms with van der Waals surface area (Å²) in [6, 6.07) is 0. The molecule has 1 aliphatic heterocycles. The van der Waals surface area contributed by atoms with E-state index in [9.17, 15) is 15.0 Å². The number of rotatable bonds is 12. The van der Waals surface area contributed by atoms with Gasteiger partial charge in [-0.1, -0.05) is 47.0 Å². The van der Waals surface area contributed by atoms with Gasteiger partial charge in [0, 0.05) is 7.26 Å². The van der Waals surface area contributed by atoms with Crippen molar-refractivity contribution in [3.63, 3.8) is 0 Å². The normalized spacial score (nSPS) is 22.8. The Hall–Kier alpha value is 0.170. The molecule has 1 heterocycles. The minimum Gasteiger partial charge on any atom is -0.793 e. The van der Waals surface area contributed by atoms with Crippen LogP contribution >= 0.6 is 7.26 Å².